The van der Waals surface area contributed by atoms with Crippen molar-refractivity contribution in [1.29, 1.82) is 0 Å². The summed E-state index contributed by atoms with van der Waals surface area (Å²) < 4.78 is 7.21. The van der Waals surface area contributed by atoms with E-state index >= 15 is 0 Å². The molecular formula is C17H16N6O3. The zero-order valence-corrected chi connectivity index (χ0v) is 13.6. The van der Waals surface area contributed by atoms with Crippen molar-refractivity contribution < 1.29 is 14.6 Å². The van der Waals surface area contributed by atoms with Crippen molar-refractivity contribution in [2.24, 2.45) is 0 Å². The van der Waals surface area contributed by atoms with Gasteiger partial charge in [-0.05, 0) is 24.3 Å². The van der Waals surface area contributed by atoms with Crippen molar-refractivity contribution in [3.8, 4) is 11.6 Å². The number of benzene rings is 1. The zero-order chi connectivity index (χ0) is 18.1. The van der Waals surface area contributed by atoms with Crippen LogP contribution in [0.2, 0.25) is 0 Å². The third kappa shape index (κ3) is 2.97. The lowest BCUT2D eigenvalue weighted by Gasteiger charge is -2.12. The molecule has 132 valence electrons. The van der Waals surface area contributed by atoms with E-state index in [1.807, 2.05) is 18.2 Å². The summed E-state index contributed by atoms with van der Waals surface area (Å²) in [6.07, 6.45) is 2.38. The standard InChI is InChI=1S/C17H16N6O3/c18-12-4-5-15(23-7-1-6-19-23)22-16(12)20-10-2-3-11-13(21-17(24)25)9-26-14(11)8-10/h1-8,13,21H,9,18H2,(H,20,22)(H,24,25). The summed E-state index contributed by atoms with van der Waals surface area (Å²) in [6.45, 7) is 0.264. The minimum absolute atomic E-state index is 0.264. The lowest BCUT2D eigenvalue weighted by Crippen LogP contribution is -2.27. The van der Waals surface area contributed by atoms with Crippen molar-refractivity contribution in [2.75, 3.05) is 17.7 Å². The van der Waals surface area contributed by atoms with Crippen LogP contribution >= 0.6 is 0 Å². The van der Waals surface area contributed by atoms with Crippen LogP contribution in [0.3, 0.4) is 0 Å². The summed E-state index contributed by atoms with van der Waals surface area (Å²) in [5.74, 6) is 1.75. The number of pyridine rings is 1. The van der Waals surface area contributed by atoms with E-state index in [1.54, 1.807) is 35.3 Å². The number of aromatic nitrogens is 3. The average Bonchev–Trinajstić information content (AvgIpc) is 3.27. The minimum Gasteiger partial charge on any atom is -0.491 e. The first kappa shape index (κ1) is 15.8. The van der Waals surface area contributed by atoms with E-state index in [2.05, 4.69) is 20.7 Å². The fourth-order valence-corrected chi connectivity index (χ4v) is 2.78. The van der Waals surface area contributed by atoms with Crippen LogP contribution in [0.5, 0.6) is 5.75 Å². The van der Waals surface area contributed by atoms with Gasteiger partial charge >= 0.3 is 6.09 Å². The number of anilines is 3. The molecule has 9 nitrogen and oxygen atoms in total. The van der Waals surface area contributed by atoms with E-state index in [9.17, 15) is 4.79 Å². The second-order valence-electron chi connectivity index (χ2n) is 5.75. The summed E-state index contributed by atoms with van der Waals surface area (Å²) in [5, 5.41) is 18.6. The summed E-state index contributed by atoms with van der Waals surface area (Å²) >= 11 is 0. The number of nitrogens with zero attached hydrogens (tertiary/aromatic N) is 3. The van der Waals surface area contributed by atoms with Crippen LogP contribution in [0.25, 0.3) is 5.82 Å². The van der Waals surface area contributed by atoms with Gasteiger partial charge < -0.3 is 26.2 Å². The smallest absolute Gasteiger partial charge is 0.405 e. The van der Waals surface area contributed by atoms with Gasteiger partial charge in [-0.25, -0.2) is 14.5 Å². The highest BCUT2D eigenvalue weighted by Gasteiger charge is 2.25. The number of amides is 1. The van der Waals surface area contributed by atoms with Gasteiger partial charge in [0.1, 0.15) is 12.4 Å². The van der Waals surface area contributed by atoms with Crippen LogP contribution in [0.15, 0.2) is 48.8 Å². The molecule has 1 atom stereocenters. The maximum atomic E-state index is 10.8. The largest absolute Gasteiger partial charge is 0.491 e. The maximum absolute atomic E-state index is 10.8. The molecule has 0 saturated carbocycles. The molecule has 1 aliphatic rings. The van der Waals surface area contributed by atoms with Gasteiger partial charge in [0.25, 0.3) is 0 Å². The van der Waals surface area contributed by atoms with E-state index in [0.29, 0.717) is 23.1 Å². The van der Waals surface area contributed by atoms with Gasteiger partial charge in [0.15, 0.2) is 11.6 Å². The molecule has 1 amide bonds. The van der Waals surface area contributed by atoms with Crippen molar-refractivity contribution in [3.63, 3.8) is 0 Å². The quantitative estimate of drug-likeness (QED) is 0.567. The second-order valence-corrected chi connectivity index (χ2v) is 5.75. The second kappa shape index (κ2) is 6.28. The number of nitrogens with two attached hydrogens (primary N) is 1. The van der Waals surface area contributed by atoms with E-state index in [1.165, 1.54) is 0 Å². The first-order chi connectivity index (χ1) is 12.6. The molecule has 2 aromatic heterocycles. The Morgan fingerprint density at radius 1 is 1.35 bits per heavy atom. The number of nitrogen functional groups attached to an aromatic ring is 1. The number of ether oxygens (including phenoxy) is 1. The third-order valence-corrected chi connectivity index (χ3v) is 4.01. The van der Waals surface area contributed by atoms with Crippen LogP contribution in [0, 0.1) is 0 Å². The van der Waals surface area contributed by atoms with Gasteiger partial charge in [0.05, 0.1) is 11.7 Å². The van der Waals surface area contributed by atoms with Crippen LogP contribution in [0.1, 0.15) is 11.6 Å². The van der Waals surface area contributed by atoms with Crippen LogP contribution in [0.4, 0.5) is 22.0 Å². The third-order valence-electron chi connectivity index (χ3n) is 4.01. The molecule has 3 heterocycles. The van der Waals surface area contributed by atoms with Gasteiger partial charge in [-0.3, -0.25) is 0 Å². The van der Waals surface area contributed by atoms with Crippen molar-refractivity contribution in [1.82, 2.24) is 20.1 Å². The predicted molar refractivity (Wildman–Crippen MR) is 94.9 cm³/mol. The SMILES string of the molecule is Nc1ccc(-n2cccn2)nc1Nc1ccc2c(c1)OCC2NC(=O)O. The topological polar surface area (TPSA) is 127 Å². The van der Waals surface area contributed by atoms with Gasteiger partial charge in [-0.1, -0.05) is 6.07 Å². The van der Waals surface area contributed by atoms with Gasteiger partial charge in [-0.2, -0.15) is 5.10 Å². The molecule has 9 heteroatoms. The van der Waals surface area contributed by atoms with Gasteiger partial charge in [0, 0.05) is 29.7 Å². The Morgan fingerprint density at radius 2 is 2.23 bits per heavy atom. The highest BCUT2D eigenvalue weighted by Crippen LogP contribution is 2.35. The highest BCUT2D eigenvalue weighted by molar-refractivity contribution is 5.71. The Hall–Kier alpha value is -3.75. The van der Waals surface area contributed by atoms with Crippen LogP contribution in [-0.4, -0.2) is 32.6 Å². The molecule has 26 heavy (non-hydrogen) atoms. The number of carbonyl (C=O) groups is 1. The Kier molecular flexibility index (Phi) is 3.81. The van der Waals surface area contributed by atoms with E-state index in [4.69, 9.17) is 15.6 Å². The van der Waals surface area contributed by atoms with Crippen molar-refractivity contribution in [2.45, 2.75) is 6.04 Å². The first-order valence-corrected chi connectivity index (χ1v) is 7.90. The molecule has 0 radical (unpaired) electrons. The summed E-state index contributed by atoms with van der Waals surface area (Å²) in [5.41, 5.74) is 8.04. The number of hydrogen-bond donors (Lipinski definition) is 4. The molecule has 0 spiro atoms. The molecule has 0 aliphatic carbocycles. The van der Waals surface area contributed by atoms with Gasteiger partial charge in [0.2, 0.25) is 0 Å². The Morgan fingerprint density at radius 3 is 3.00 bits per heavy atom. The van der Waals surface area contributed by atoms with Crippen molar-refractivity contribution >= 4 is 23.3 Å². The summed E-state index contributed by atoms with van der Waals surface area (Å²) in [7, 11) is 0. The minimum atomic E-state index is -1.08. The number of carboxylic acid groups (broad SMARTS) is 1. The Labute approximate surface area is 148 Å². The van der Waals surface area contributed by atoms with E-state index in [0.717, 1.165) is 11.3 Å². The normalized spacial score (nSPS) is 15.2. The molecule has 1 aliphatic heterocycles. The number of nitrogens with one attached hydrogen (secondary N) is 2. The van der Waals surface area contributed by atoms with Crippen LogP contribution in [-0.2, 0) is 0 Å². The maximum Gasteiger partial charge on any atom is 0.405 e. The molecule has 4 rings (SSSR count). The van der Waals surface area contributed by atoms with Crippen LogP contribution < -0.4 is 21.1 Å². The molecule has 1 aromatic carbocycles. The summed E-state index contributed by atoms with van der Waals surface area (Å²) in [4.78, 5) is 15.3. The zero-order valence-electron chi connectivity index (χ0n) is 13.6. The molecule has 3 aromatic rings. The van der Waals surface area contributed by atoms with E-state index in [-0.39, 0.29) is 12.6 Å². The molecular weight excluding hydrogens is 336 g/mol. The van der Waals surface area contributed by atoms with Gasteiger partial charge in [-0.15, -0.1) is 0 Å². The molecule has 0 saturated heterocycles. The number of rotatable bonds is 4. The molecule has 0 fully saturated rings. The lowest BCUT2D eigenvalue weighted by atomic mass is 10.1. The average molecular weight is 352 g/mol. The molecule has 1 unspecified atom stereocenters. The lowest BCUT2D eigenvalue weighted by molar-refractivity contribution is 0.186. The molecule has 5 N–H and O–H groups in total. The monoisotopic (exact) mass is 352 g/mol. The summed E-state index contributed by atoms with van der Waals surface area (Å²) in [6, 6.07) is 10.4. The molecule has 0 bridgehead atoms. The van der Waals surface area contributed by atoms with E-state index < -0.39 is 6.09 Å². The fraction of sp³-hybridized carbons (Fsp3) is 0.118. The Bertz CT molecular complexity index is 957. The number of hydrogen-bond acceptors (Lipinski definition) is 6. The number of fused-ring (bicyclic) bond motifs is 1. The van der Waals surface area contributed by atoms with Crippen molar-refractivity contribution in [3.05, 3.63) is 54.4 Å². The Balaban J connectivity index is 1.59. The highest BCUT2D eigenvalue weighted by atomic mass is 16.5. The first-order valence-electron chi connectivity index (χ1n) is 7.90. The fourth-order valence-electron chi connectivity index (χ4n) is 2.78. The predicted octanol–water partition coefficient (Wildman–Crippen LogP) is 2.29.